The lowest BCUT2D eigenvalue weighted by molar-refractivity contribution is -0.274. The quantitative estimate of drug-likeness (QED) is 0.457. The Bertz CT molecular complexity index is 1220. The van der Waals surface area contributed by atoms with E-state index < -0.39 is 29.9 Å². The number of phenols is 1. The lowest BCUT2D eigenvalue weighted by Gasteiger charge is -2.18. The molecule has 4 rings (SSSR count). The summed E-state index contributed by atoms with van der Waals surface area (Å²) in [6, 6.07) is 8.94. The molecule has 1 heterocycles. The van der Waals surface area contributed by atoms with E-state index in [1.165, 1.54) is 34.9 Å². The minimum absolute atomic E-state index is 0.0583. The molecule has 0 saturated heterocycles. The standard InChI is InChI=1S/C25H24F3NO5/c1-14-22(20(24(32)33)12-15-4-2-3-5-15)19-13-17(30)8-11-21(19)29(14)23(31)16-6-9-18(10-7-16)34-25(26,27)28/h6-11,13,15,20,30H,2-5,12H2,1H3,(H,32,33)/t20-/m0/s1. The minimum Gasteiger partial charge on any atom is -0.508 e. The second kappa shape index (κ2) is 9.04. The number of aromatic nitrogens is 1. The number of hydrogen-bond acceptors (Lipinski definition) is 4. The number of carboxylic acids is 1. The Hall–Kier alpha value is -3.49. The molecule has 180 valence electrons. The molecule has 3 aromatic rings. The third kappa shape index (κ3) is 4.73. The summed E-state index contributed by atoms with van der Waals surface area (Å²) in [7, 11) is 0. The molecule has 1 atom stereocenters. The van der Waals surface area contributed by atoms with Crippen LogP contribution in [-0.2, 0) is 4.79 Å². The first-order chi connectivity index (χ1) is 16.0. The van der Waals surface area contributed by atoms with Gasteiger partial charge in [-0.25, -0.2) is 0 Å². The van der Waals surface area contributed by atoms with Crippen LogP contribution in [0.3, 0.4) is 0 Å². The van der Waals surface area contributed by atoms with Gasteiger partial charge in [0.05, 0.1) is 11.4 Å². The van der Waals surface area contributed by atoms with Crippen LogP contribution in [0.25, 0.3) is 10.9 Å². The molecule has 2 aromatic carbocycles. The zero-order chi connectivity index (χ0) is 24.6. The molecular formula is C25H24F3NO5. The average Bonchev–Trinajstić information content (AvgIpc) is 3.36. The van der Waals surface area contributed by atoms with Gasteiger partial charge in [0.1, 0.15) is 11.5 Å². The van der Waals surface area contributed by atoms with Gasteiger partial charge in [-0.1, -0.05) is 25.7 Å². The number of carboxylic acid groups (broad SMARTS) is 1. The summed E-state index contributed by atoms with van der Waals surface area (Å²) < 4.78 is 42.6. The molecule has 1 aliphatic carbocycles. The van der Waals surface area contributed by atoms with Crippen molar-refractivity contribution in [2.45, 2.75) is 51.3 Å². The van der Waals surface area contributed by atoms with Gasteiger partial charge in [0, 0.05) is 16.6 Å². The number of alkyl halides is 3. The Kier molecular flexibility index (Phi) is 6.29. The van der Waals surface area contributed by atoms with Crippen LogP contribution in [0.1, 0.15) is 59.6 Å². The van der Waals surface area contributed by atoms with Crippen LogP contribution in [0.5, 0.6) is 11.5 Å². The van der Waals surface area contributed by atoms with Gasteiger partial charge in [-0.15, -0.1) is 13.2 Å². The summed E-state index contributed by atoms with van der Waals surface area (Å²) in [5.41, 5.74) is 1.42. The van der Waals surface area contributed by atoms with Crippen LogP contribution in [0.2, 0.25) is 0 Å². The number of aromatic hydroxyl groups is 1. The Morgan fingerprint density at radius 2 is 1.76 bits per heavy atom. The first-order valence-electron chi connectivity index (χ1n) is 11.0. The predicted octanol–water partition coefficient (Wildman–Crippen LogP) is 5.99. The van der Waals surface area contributed by atoms with Crippen molar-refractivity contribution < 1.29 is 37.7 Å². The van der Waals surface area contributed by atoms with Crippen LogP contribution in [0.4, 0.5) is 13.2 Å². The van der Waals surface area contributed by atoms with E-state index >= 15 is 0 Å². The van der Waals surface area contributed by atoms with E-state index in [0.717, 1.165) is 37.8 Å². The van der Waals surface area contributed by atoms with Crippen molar-refractivity contribution in [3.8, 4) is 11.5 Å². The van der Waals surface area contributed by atoms with Gasteiger partial charge in [-0.2, -0.15) is 0 Å². The Labute approximate surface area is 193 Å². The number of benzene rings is 2. The van der Waals surface area contributed by atoms with Crippen LogP contribution >= 0.6 is 0 Å². The average molecular weight is 475 g/mol. The highest BCUT2D eigenvalue weighted by molar-refractivity contribution is 6.05. The second-order valence-electron chi connectivity index (χ2n) is 8.69. The summed E-state index contributed by atoms with van der Waals surface area (Å²) in [6.07, 6.45) is -0.379. The topological polar surface area (TPSA) is 88.8 Å². The molecule has 0 aliphatic heterocycles. The number of hydrogen-bond donors (Lipinski definition) is 2. The van der Waals surface area contributed by atoms with E-state index in [4.69, 9.17) is 0 Å². The van der Waals surface area contributed by atoms with E-state index in [9.17, 15) is 33.0 Å². The fraction of sp³-hybridized carbons (Fsp3) is 0.360. The van der Waals surface area contributed by atoms with E-state index in [1.54, 1.807) is 6.92 Å². The number of aliphatic carboxylic acids is 1. The van der Waals surface area contributed by atoms with Crippen LogP contribution in [0, 0.1) is 12.8 Å². The molecular weight excluding hydrogens is 451 g/mol. The van der Waals surface area contributed by atoms with Gasteiger partial charge >= 0.3 is 12.3 Å². The van der Waals surface area contributed by atoms with Crippen molar-refractivity contribution in [1.82, 2.24) is 4.57 Å². The zero-order valence-corrected chi connectivity index (χ0v) is 18.4. The van der Waals surface area contributed by atoms with Crippen molar-refractivity contribution >= 4 is 22.8 Å². The van der Waals surface area contributed by atoms with Gasteiger partial charge in [-0.05, 0) is 67.3 Å². The SMILES string of the molecule is Cc1c([C@H](CC2CCCC2)C(=O)O)c2cc(O)ccc2n1C(=O)c1ccc(OC(F)(F)F)cc1. The maximum Gasteiger partial charge on any atom is 0.573 e. The molecule has 0 amide bonds. The van der Waals surface area contributed by atoms with Crippen LogP contribution < -0.4 is 4.74 Å². The molecule has 0 unspecified atom stereocenters. The Morgan fingerprint density at radius 1 is 1.12 bits per heavy atom. The molecule has 0 bridgehead atoms. The Balaban J connectivity index is 1.78. The normalized spacial score (nSPS) is 15.5. The fourth-order valence-corrected chi connectivity index (χ4v) is 4.98. The van der Waals surface area contributed by atoms with Crippen molar-refractivity contribution in [2.75, 3.05) is 0 Å². The van der Waals surface area contributed by atoms with E-state index in [-0.39, 0.29) is 17.2 Å². The summed E-state index contributed by atoms with van der Waals surface area (Å²) in [4.78, 5) is 25.7. The maximum atomic E-state index is 13.4. The lowest BCUT2D eigenvalue weighted by Crippen LogP contribution is -2.18. The highest BCUT2D eigenvalue weighted by Gasteiger charge is 2.33. The molecule has 34 heavy (non-hydrogen) atoms. The smallest absolute Gasteiger partial charge is 0.508 e. The molecule has 0 spiro atoms. The highest BCUT2D eigenvalue weighted by Crippen LogP contribution is 2.40. The number of rotatable bonds is 6. The van der Waals surface area contributed by atoms with Gasteiger partial charge < -0.3 is 14.9 Å². The van der Waals surface area contributed by atoms with Gasteiger partial charge in [0.25, 0.3) is 5.91 Å². The lowest BCUT2D eigenvalue weighted by atomic mass is 9.86. The molecule has 1 fully saturated rings. The number of carbonyl (C=O) groups excluding carboxylic acids is 1. The molecule has 1 saturated carbocycles. The predicted molar refractivity (Wildman–Crippen MR) is 118 cm³/mol. The largest absolute Gasteiger partial charge is 0.573 e. The zero-order valence-electron chi connectivity index (χ0n) is 18.4. The minimum atomic E-state index is -4.85. The second-order valence-corrected chi connectivity index (χ2v) is 8.69. The van der Waals surface area contributed by atoms with Crippen LogP contribution in [-0.4, -0.2) is 33.0 Å². The Morgan fingerprint density at radius 3 is 2.35 bits per heavy atom. The monoisotopic (exact) mass is 475 g/mol. The van der Waals surface area contributed by atoms with Gasteiger partial charge in [0.15, 0.2) is 0 Å². The van der Waals surface area contributed by atoms with Gasteiger partial charge in [-0.3, -0.25) is 14.2 Å². The van der Waals surface area contributed by atoms with E-state index in [0.29, 0.717) is 28.6 Å². The van der Waals surface area contributed by atoms with Crippen LogP contribution in [0.15, 0.2) is 42.5 Å². The third-order valence-electron chi connectivity index (χ3n) is 6.46. The summed E-state index contributed by atoms with van der Waals surface area (Å²) in [5, 5.41) is 20.6. The first kappa shape index (κ1) is 23.7. The molecule has 9 heteroatoms. The molecule has 0 radical (unpaired) electrons. The van der Waals surface area contributed by atoms with E-state index in [2.05, 4.69) is 4.74 Å². The number of fused-ring (bicyclic) bond motifs is 1. The van der Waals surface area contributed by atoms with Crippen molar-refractivity contribution in [2.24, 2.45) is 5.92 Å². The van der Waals surface area contributed by atoms with Gasteiger partial charge in [0.2, 0.25) is 0 Å². The van der Waals surface area contributed by atoms with Crippen molar-refractivity contribution in [3.63, 3.8) is 0 Å². The molecule has 6 nitrogen and oxygen atoms in total. The van der Waals surface area contributed by atoms with E-state index in [1.807, 2.05) is 0 Å². The number of phenolic OH excluding ortho intramolecular Hbond substituents is 1. The van der Waals surface area contributed by atoms with Crippen molar-refractivity contribution in [3.05, 3.63) is 59.3 Å². The number of carbonyl (C=O) groups is 2. The first-order valence-corrected chi connectivity index (χ1v) is 11.0. The maximum absolute atomic E-state index is 13.4. The summed E-state index contributed by atoms with van der Waals surface area (Å²) >= 11 is 0. The third-order valence-corrected chi connectivity index (χ3v) is 6.46. The molecule has 1 aromatic heterocycles. The van der Waals surface area contributed by atoms with Crippen molar-refractivity contribution in [1.29, 1.82) is 0 Å². The fourth-order valence-electron chi connectivity index (χ4n) is 4.98. The number of halogens is 3. The molecule has 2 N–H and O–H groups in total. The number of ether oxygens (including phenoxy) is 1. The summed E-state index contributed by atoms with van der Waals surface area (Å²) in [5.74, 6) is -2.62. The summed E-state index contributed by atoms with van der Waals surface area (Å²) in [6.45, 7) is 1.65. The highest BCUT2D eigenvalue weighted by atomic mass is 19.4. The number of nitrogens with zero attached hydrogens (tertiary/aromatic N) is 1. The molecule has 1 aliphatic rings.